The van der Waals surface area contributed by atoms with Crippen molar-refractivity contribution < 1.29 is 9.32 Å². The number of nitrogens with two attached hydrogens (primary N) is 1. The summed E-state index contributed by atoms with van der Waals surface area (Å²) in [5.41, 5.74) is 6.56. The molecular formula is C11H17N3O2. The highest BCUT2D eigenvalue weighted by atomic mass is 16.5. The lowest BCUT2D eigenvalue weighted by atomic mass is 9.94. The summed E-state index contributed by atoms with van der Waals surface area (Å²) in [6.45, 7) is 0.408. The van der Waals surface area contributed by atoms with Gasteiger partial charge in [-0.15, -0.1) is 0 Å². The molecular weight excluding hydrogens is 206 g/mol. The standard InChI is InChI=1S/C11H17N3O2/c12-11(4-1-2-5-11)7-10(15)13-8-9-3-6-16-14-9/h3,6H,1-2,4-5,7-8,12H2,(H,13,15). The molecule has 1 fully saturated rings. The zero-order valence-electron chi connectivity index (χ0n) is 9.24. The average molecular weight is 223 g/mol. The second kappa shape index (κ2) is 4.65. The molecule has 16 heavy (non-hydrogen) atoms. The van der Waals surface area contributed by atoms with Gasteiger partial charge in [0.2, 0.25) is 5.91 Å². The van der Waals surface area contributed by atoms with Crippen LogP contribution in [0.5, 0.6) is 0 Å². The predicted molar refractivity (Wildman–Crippen MR) is 58.4 cm³/mol. The number of nitrogens with one attached hydrogen (secondary N) is 1. The van der Waals surface area contributed by atoms with Gasteiger partial charge in [0.25, 0.3) is 0 Å². The van der Waals surface area contributed by atoms with E-state index in [-0.39, 0.29) is 11.4 Å². The minimum Gasteiger partial charge on any atom is -0.364 e. The lowest BCUT2D eigenvalue weighted by molar-refractivity contribution is -0.122. The Morgan fingerprint density at radius 3 is 2.94 bits per heavy atom. The Bertz CT molecular complexity index is 342. The Balaban J connectivity index is 1.76. The van der Waals surface area contributed by atoms with Gasteiger partial charge in [-0.1, -0.05) is 18.0 Å². The van der Waals surface area contributed by atoms with E-state index in [4.69, 9.17) is 5.73 Å². The maximum absolute atomic E-state index is 11.6. The summed E-state index contributed by atoms with van der Waals surface area (Å²) in [6, 6.07) is 1.73. The topological polar surface area (TPSA) is 81.2 Å². The van der Waals surface area contributed by atoms with Gasteiger partial charge in [-0.2, -0.15) is 0 Å². The summed E-state index contributed by atoms with van der Waals surface area (Å²) in [5, 5.41) is 6.51. The van der Waals surface area contributed by atoms with E-state index in [1.807, 2.05) is 0 Å². The molecule has 0 saturated heterocycles. The van der Waals surface area contributed by atoms with Gasteiger partial charge >= 0.3 is 0 Å². The van der Waals surface area contributed by atoms with Crippen molar-refractivity contribution in [2.24, 2.45) is 5.73 Å². The summed E-state index contributed by atoms with van der Waals surface area (Å²) >= 11 is 0. The molecule has 1 heterocycles. The van der Waals surface area contributed by atoms with Crippen LogP contribution < -0.4 is 11.1 Å². The van der Waals surface area contributed by atoms with Crippen molar-refractivity contribution in [3.63, 3.8) is 0 Å². The van der Waals surface area contributed by atoms with Gasteiger partial charge < -0.3 is 15.6 Å². The number of carbonyl (C=O) groups excluding carboxylic acids is 1. The zero-order chi connectivity index (χ0) is 11.4. The molecule has 0 spiro atoms. The van der Waals surface area contributed by atoms with E-state index in [0.29, 0.717) is 13.0 Å². The van der Waals surface area contributed by atoms with Crippen LogP contribution in [0.1, 0.15) is 37.8 Å². The molecule has 1 aliphatic carbocycles. The molecule has 1 aliphatic rings. The number of amides is 1. The molecule has 0 unspecified atom stereocenters. The molecule has 2 rings (SSSR count). The Morgan fingerprint density at radius 1 is 1.56 bits per heavy atom. The van der Waals surface area contributed by atoms with Crippen LogP contribution in [0.2, 0.25) is 0 Å². The molecule has 0 atom stereocenters. The highest BCUT2D eigenvalue weighted by Crippen LogP contribution is 2.29. The van der Waals surface area contributed by atoms with Crippen LogP contribution in [0.4, 0.5) is 0 Å². The number of hydrogen-bond acceptors (Lipinski definition) is 4. The molecule has 1 aromatic heterocycles. The summed E-state index contributed by atoms with van der Waals surface area (Å²) in [4.78, 5) is 11.6. The van der Waals surface area contributed by atoms with E-state index in [1.165, 1.54) is 6.26 Å². The number of aromatic nitrogens is 1. The van der Waals surface area contributed by atoms with E-state index in [2.05, 4.69) is 15.0 Å². The van der Waals surface area contributed by atoms with Gasteiger partial charge in [0.15, 0.2) is 0 Å². The third-order valence-corrected chi connectivity index (χ3v) is 3.07. The van der Waals surface area contributed by atoms with E-state index >= 15 is 0 Å². The first-order valence-electron chi connectivity index (χ1n) is 5.63. The van der Waals surface area contributed by atoms with Gasteiger partial charge in [0.1, 0.15) is 12.0 Å². The first-order valence-corrected chi connectivity index (χ1v) is 5.63. The van der Waals surface area contributed by atoms with Gasteiger partial charge in [-0.05, 0) is 12.8 Å². The Kier molecular flexibility index (Phi) is 3.24. The SMILES string of the molecule is NC1(CC(=O)NCc2ccon2)CCCC1. The summed E-state index contributed by atoms with van der Waals surface area (Å²) in [5.74, 6) is -0.00704. The monoisotopic (exact) mass is 223 g/mol. The normalized spacial score (nSPS) is 18.6. The lowest BCUT2D eigenvalue weighted by Crippen LogP contribution is -2.42. The first-order chi connectivity index (χ1) is 7.68. The average Bonchev–Trinajstić information content (AvgIpc) is 2.86. The number of hydrogen-bond donors (Lipinski definition) is 2. The molecule has 3 N–H and O–H groups in total. The van der Waals surface area contributed by atoms with Crippen molar-refractivity contribution in [3.05, 3.63) is 18.0 Å². The van der Waals surface area contributed by atoms with Gasteiger partial charge in [0.05, 0.1) is 6.54 Å². The third-order valence-electron chi connectivity index (χ3n) is 3.07. The molecule has 0 bridgehead atoms. The molecule has 1 amide bonds. The van der Waals surface area contributed by atoms with Crippen LogP contribution in [0, 0.1) is 0 Å². The maximum Gasteiger partial charge on any atom is 0.222 e. The summed E-state index contributed by atoms with van der Waals surface area (Å²) < 4.78 is 4.67. The van der Waals surface area contributed by atoms with Gasteiger partial charge in [-0.25, -0.2) is 0 Å². The van der Waals surface area contributed by atoms with Crippen LogP contribution in [0.15, 0.2) is 16.9 Å². The van der Waals surface area contributed by atoms with Crippen molar-refractivity contribution in [1.82, 2.24) is 10.5 Å². The molecule has 88 valence electrons. The zero-order valence-corrected chi connectivity index (χ0v) is 9.24. The molecule has 1 aromatic rings. The van der Waals surface area contributed by atoms with Crippen LogP contribution in [-0.4, -0.2) is 16.6 Å². The second-order valence-corrected chi connectivity index (χ2v) is 4.51. The second-order valence-electron chi connectivity index (χ2n) is 4.51. The number of rotatable bonds is 4. The van der Waals surface area contributed by atoms with Crippen LogP contribution in [-0.2, 0) is 11.3 Å². The molecule has 1 saturated carbocycles. The van der Waals surface area contributed by atoms with Gasteiger partial charge in [0, 0.05) is 18.0 Å². The largest absolute Gasteiger partial charge is 0.364 e. The van der Waals surface area contributed by atoms with Gasteiger partial charge in [-0.3, -0.25) is 4.79 Å². The minimum atomic E-state index is -0.284. The Labute approximate surface area is 94.4 Å². The molecule has 5 heteroatoms. The number of nitrogens with zero attached hydrogens (tertiary/aromatic N) is 1. The lowest BCUT2D eigenvalue weighted by Gasteiger charge is -2.22. The van der Waals surface area contributed by atoms with Crippen molar-refractivity contribution in [2.75, 3.05) is 0 Å². The van der Waals surface area contributed by atoms with Crippen molar-refractivity contribution >= 4 is 5.91 Å². The highest BCUT2D eigenvalue weighted by molar-refractivity contribution is 5.77. The fraction of sp³-hybridized carbons (Fsp3) is 0.636. The predicted octanol–water partition coefficient (Wildman–Crippen LogP) is 0.952. The molecule has 5 nitrogen and oxygen atoms in total. The van der Waals surface area contributed by atoms with Crippen molar-refractivity contribution in [3.8, 4) is 0 Å². The Hall–Kier alpha value is -1.36. The summed E-state index contributed by atoms with van der Waals surface area (Å²) in [6.07, 6.45) is 6.06. The smallest absolute Gasteiger partial charge is 0.222 e. The minimum absolute atomic E-state index is 0.00704. The van der Waals surface area contributed by atoms with Crippen LogP contribution >= 0.6 is 0 Å². The quantitative estimate of drug-likeness (QED) is 0.796. The maximum atomic E-state index is 11.6. The first kappa shape index (κ1) is 11.1. The van der Waals surface area contributed by atoms with Crippen LogP contribution in [0.25, 0.3) is 0 Å². The van der Waals surface area contributed by atoms with E-state index in [0.717, 1.165) is 31.4 Å². The summed E-state index contributed by atoms with van der Waals surface area (Å²) in [7, 11) is 0. The van der Waals surface area contributed by atoms with E-state index in [9.17, 15) is 4.79 Å². The fourth-order valence-electron chi connectivity index (χ4n) is 2.16. The third kappa shape index (κ3) is 2.82. The highest BCUT2D eigenvalue weighted by Gasteiger charge is 2.31. The fourth-order valence-corrected chi connectivity index (χ4v) is 2.16. The van der Waals surface area contributed by atoms with E-state index in [1.54, 1.807) is 6.07 Å². The molecule has 0 aromatic carbocycles. The van der Waals surface area contributed by atoms with Crippen molar-refractivity contribution in [1.29, 1.82) is 0 Å². The van der Waals surface area contributed by atoms with Crippen LogP contribution in [0.3, 0.4) is 0 Å². The van der Waals surface area contributed by atoms with Crippen molar-refractivity contribution in [2.45, 2.75) is 44.2 Å². The molecule has 0 radical (unpaired) electrons. The van der Waals surface area contributed by atoms with E-state index < -0.39 is 0 Å². The Morgan fingerprint density at radius 2 is 2.31 bits per heavy atom. The molecule has 0 aliphatic heterocycles. The number of carbonyl (C=O) groups is 1.